The summed E-state index contributed by atoms with van der Waals surface area (Å²) in [5, 5.41) is 3.35. The van der Waals surface area contributed by atoms with Gasteiger partial charge in [0, 0.05) is 22.4 Å². The smallest absolute Gasteiger partial charge is 0.175 e. The fourth-order valence-corrected chi connectivity index (χ4v) is 7.01. The minimum atomic E-state index is -3.14. The third-order valence-corrected chi connectivity index (χ3v) is 8.57. The summed E-state index contributed by atoms with van der Waals surface area (Å²) in [7, 11) is -3.14. The molecule has 0 aliphatic rings. The molecule has 2 nitrogen and oxygen atoms in total. The lowest BCUT2D eigenvalue weighted by molar-refractivity contribution is 0.564. The van der Waals surface area contributed by atoms with Gasteiger partial charge in [-0.25, -0.2) is 0 Å². The van der Waals surface area contributed by atoms with Crippen LogP contribution in [0, 0.1) is 0 Å². The van der Waals surface area contributed by atoms with Crippen molar-refractivity contribution < 1.29 is 8.98 Å². The van der Waals surface area contributed by atoms with E-state index in [-0.39, 0.29) is 0 Å². The molecule has 146 valence electrons. The lowest BCUT2D eigenvalue weighted by Gasteiger charge is -2.20. The summed E-state index contributed by atoms with van der Waals surface area (Å²) in [4.78, 5) is 0. The highest BCUT2D eigenvalue weighted by molar-refractivity contribution is 7.85. The molecule has 0 aliphatic carbocycles. The molecular weight excluding hydrogens is 387 g/mol. The van der Waals surface area contributed by atoms with Gasteiger partial charge in [-0.3, -0.25) is 0 Å². The van der Waals surface area contributed by atoms with Crippen LogP contribution in [0.5, 0.6) is 0 Å². The third kappa shape index (κ3) is 3.20. The highest BCUT2D eigenvalue weighted by atomic mass is 31.2. The molecule has 3 heteroatoms. The van der Waals surface area contributed by atoms with Crippen molar-refractivity contribution in [2.45, 2.75) is 6.42 Å². The van der Waals surface area contributed by atoms with Crippen molar-refractivity contribution in [1.29, 1.82) is 0 Å². The van der Waals surface area contributed by atoms with Crippen molar-refractivity contribution in [3.05, 3.63) is 127 Å². The second kappa shape index (κ2) is 7.82. The summed E-state index contributed by atoms with van der Waals surface area (Å²) in [5.41, 5.74) is 1.90. The zero-order chi connectivity index (χ0) is 20.4. The maximum absolute atomic E-state index is 15.0. The van der Waals surface area contributed by atoms with Gasteiger partial charge < -0.3 is 8.98 Å². The van der Waals surface area contributed by atoms with Crippen molar-refractivity contribution >= 4 is 34.0 Å². The molecule has 0 saturated heterocycles. The number of para-hydroxylation sites is 1. The summed E-state index contributed by atoms with van der Waals surface area (Å²) in [6.07, 6.45) is 0.592. The molecule has 30 heavy (non-hydrogen) atoms. The van der Waals surface area contributed by atoms with E-state index in [4.69, 9.17) is 4.42 Å². The Morgan fingerprint density at radius 1 is 0.600 bits per heavy atom. The molecule has 4 aromatic carbocycles. The van der Waals surface area contributed by atoms with Gasteiger partial charge in [-0.15, -0.1) is 0 Å². The van der Waals surface area contributed by atoms with Crippen LogP contribution in [-0.4, -0.2) is 0 Å². The Labute approximate surface area is 176 Å². The number of rotatable bonds is 5. The maximum atomic E-state index is 15.0. The third-order valence-electron chi connectivity index (χ3n) is 5.40. The minimum Gasteiger partial charge on any atom is -0.460 e. The van der Waals surface area contributed by atoms with Gasteiger partial charge in [-0.2, -0.15) is 0 Å². The van der Waals surface area contributed by atoms with E-state index in [9.17, 15) is 0 Å². The Morgan fingerprint density at radius 2 is 1.10 bits per heavy atom. The topological polar surface area (TPSA) is 30.2 Å². The predicted octanol–water partition coefficient (Wildman–Crippen LogP) is 5.66. The lowest BCUT2D eigenvalue weighted by Crippen LogP contribution is -2.26. The van der Waals surface area contributed by atoms with E-state index in [0.29, 0.717) is 6.42 Å². The second-order valence-electron chi connectivity index (χ2n) is 7.31. The Hall–Kier alpha value is -3.35. The first kappa shape index (κ1) is 18.7. The minimum absolute atomic E-state index is 0.592. The van der Waals surface area contributed by atoms with Crippen LogP contribution < -0.4 is 15.9 Å². The van der Waals surface area contributed by atoms with E-state index in [2.05, 4.69) is 12.1 Å². The molecule has 0 aliphatic heterocycles. The van der Waals surface area contributed by atoms with Gasteiger partial charge in [-0.05, 0) is 11.6 Å². The molecule has 0 saturated carbocycles. The molecule has 5 aromatic rings. The first-order valence-corrected chi connectivity index (χ1v) is 11.7. The Balaban J connectivity index is 1.82. The largest absolute Gasteiger partial charge is 0.460 e. The average Bonchev–Trinajstić information content (AvgIpc) is 3.18. The first-order valence-electron chi connectivity index (χ1n) is 10.0. The zero-order valence-electron chi connectivity index (χ0n) is 16.4. The summed E-state index contributed by atoms with van der Waals surface area (Å²) in [5.74, 6) is 0.762. The molecule has 0 N–H and O–H groups in total. The SMILES string of the molecule is O=P(c1ccccc1)(c1ccccc1)c1c(Cc2ccccc2)oc2ccccc12. The van der Waals surface area contributed by atoms with Crippen molar-refractivity contribution in [1.82, 2.24) is 0 Å². The van der Waals surface area contributed by atoms with E-state index in [1.54, 1.807) is 0 Å². The highest BCUT2D eigenvalue weighted by Gasteiger charge is 2.36. The molecule has 0 unspecified atom stereocenters. The van der Waals surface area contributed by atoms with E-state index in [0.717, 1.165) is 38.2 Å². The molecule has 5 rings (SSSR count). The summed E-state index contributed by atoms with van der Waals surface area (Å²) in [6.45, 7) is 0. The number of fused-ring (bicyclic) bond motifs is 1. The fourth-order valence-electron chi connectivity index (χ4n) is 4.01. The molecule has 0 bridgehead atoms. The maximum Gasteiger partial charge on any atom is 0.175 e. The second-order valence-corrected chi connectivity index (χ2v) is 10.0. The summed E-state index contributed by atoms with van der Waals surface area (Å²) < 4.78 is 21.4. The van der Waals surface area contributed by atoms with Crippen molar-refractivity contribution in [2.24, 2.45) is 0 Å². The van der Waals surface area contributed by atoms with Gasteiger partial charge in [0.1, 0.15) is 11.3 Å². The van der Waals surface area contributed by atoms with Gasteiger partial charge >= 0.3 is 0 Å². The lowest BCUT2D eigenvalue weighted by atomic mass is 10.1. The molecule has 0 atom stereocenters. The van der Waals surface area contributed by atoms with Crippen LogP contribution in [0.4, 0.5) is 0 Å². The molecule has 1 heterocycles. The van der Waals surface area contributed by atoms with Crippen LogP contribution in [0.25, 0.3) is 11.0 Å². The molecule has 0 fully saturated rings. The van der Waals surface area contributed by atoms with Gasteiger partial charge in [0.25, 0.3) is 0 Å². The van der Waals surface area contributed by atoms with Crippen molar-refractivity contribution in [3.63, 3.8) is 0 Å². The molecule has 0 radical (unpaired) electrons. The normalized spacial score (nSPS) is 11.6. The number of benzene rings is 4. The molecule has 0 spiro atoms. The van der Waals surface area contributed by atoms with Crippen LogP contribution in [0.2, 0.25) is 0 Å². The molecule has 0 amide bonds. The van der Waals surface area contributed by atoms with Crippen molar-refractivity contribution in [2.75, 3.05) is 0 Å². The van der Waals surface area contributed by atoms with Crippen molar-refractivity contribution in [3.8, 4) is 0 Å². The first-order chi connectivity index (χ1) is 14.8. The van der Waals surface area contributed by atoms with E-state index < -0.39 is 7.14 Å². The van der Waals surface area contributed by atoms with Crippen LogP contribution in [-0.2, 0) is 11.0 Å². The standard InChI is InChI=1S/C27H21O2P/c28-30(22-14-6-2-7-15-22,23-16-8-3-9-17-23)27-24-18-10-11-19-25(24)29-26(27)20-21-12-4-1-5-13-21/h1-19H,20H2. The van der Waals surface area contributed by atoms with Gasteiger partial charge in [0.2, 0.25) is 0 Å². The predicted molar refractivity (Wildman–Crippen MR) is 125 cm³/mol. The highest BCUT2D eigenvalue weighted by Crippen LogP contribution is 2.46. The van der Waals surface area contributed by atoms with E-state index in [1.165, 1.54) is 0 Å². The fraction of sp³-hybridized carbons (Fsp3) is 0.0370. The summed E-state index contributed by atoms with van der Waals surface area (Å²) in [6, 6.07) is 37.6. The number of furan rings is 1. The Bertz CT molecular complexity index is 1280. The van der Waals surface area contributed by atoms with Crippen LogP contribution >= 0.6 is 7.14 Å². The van der Waals surface area contributed by atoms with Gasteiger partial charge in [0.15, 0.2) is 7.14 Å². The number of hydrogen-bond donors (Lipinski definition) is 0. The number of hydrogen-bond acceptors (Lipinski definition) is 2. The molecular formula is C27H21O2P. The van der Waals surface area contributed by atoms with E-state index in [1.807, 2.05) is 103 Å². The molecule has 1 aromatic heterocycles. The quantitative estimate of drug-likeness (QED) is 0.351. The summed E-state index contributed by atoms with van der Waals surface area (Å²) >= 11 is 0. The average molecular weight is 408 g/mol. The monoisotopic (exact) mass is 408 g/mol. The van der Waals surface area contributed by atoms with Gasteiger partial charge in [-0.1, -0.05) is 109 Å². The zero-order valence-corrected chi connectivity index (χ0v) is 17.3. The van der Waals surface area contributed by atoms with E-state index >= 15 is 4.57 Å². The van der Waals surface area contributed by atoms with Crippen LogP contribution in [0.1, 0.15) is 11.3 Å². The van der Waals surface area contributed by atoms with Crippen LogP contribution in [0.15, 0.2) is 120 Å². The van der Waals surface area contributed by atoms with Crippen LogP contribution in [0.3, 0.4) is 0 Å². The van der Waals surface area contributed by atoms with Gasteiger partial charge in [0.05, 0.1) is 5.30 Å². The Kier molecular flexibility index (Phi) is 4.86. The Morgan fingerprint density at radius 3 is 1.70 bits per heavy atom.